The number of carbonyl (C=O) groups excluding carboxylic acids is 1. The molecule has 1 aromatic carbocycles. The maximum atomic E-state index is 12.5. The quantitative estimate of drug-likeness (QED) is 0.795. The van der Waals surface area contributed by atoms with E-state index in [4.69, 9.17) is 16.4 Å². The Morgan fingerprint density at radius 1 is 1.28 bits per heavy atom. The highest BCUT2D eigenvalue weighted by atomic mass is 35.5. The zero-order valence-corrected chi connectivity index (χ0v) is 15.0. The van der Waals surface area contributed by atoms with Crippen LogP contribution in [0.15, 0.2) is 48.7 Å². The van der Waals surface area contributed by atoms with E-state index in [0.717, 1.165) is 30.5 Å². The molecule has 1 N–H and O–H groups in total. The van der Waals surface area contributed by atoms with E-state index < -0.39 is 0 Å². The van der Waals surface area contributed by atoms with Crippen molar-refractivity contribution in [3.8, 4) is 0 Å². The van der Waals surface area contributed by atoms with Gasteiger partial charge in [0.2, 0.25) is 0 Å². The van der Waals surface area contributed by atoms with E-state index in [2.05, 4.69) is 10.3 Å². The summed E-state index contributed by atoms with van der Waals surface area (Å²) >= 11 is 5.90. The van der Waals surface area contributed by atoms with Crippen molar-refractivity contribution in [3.05, 3.63) is 64.9 Å². The molecule has 1 fully saturated rings. The number of nitrogens with one attached hydrogen (secondary N) is 1. The molecular weight excluding hydrogens is 338 g/mol. The number of urea groups is 1. The van der Waals surface area contributed by atoms with Gasteiger partial charge in [-0.25, -0.2) is 4.79 Å². The van der Waals surface area contributed by atoms with Crippen LogP contribution in [0.5, 0.6) is 0 Å². The molecular formula is C19H22ClN3O2. The van der Waals surface area contributed by atoms with Gasteiger partial charge in [0, 0.05) is 28.9 Å². The number of halogens is 1. The molecule has 3 rings (SSSR count). The number of benzene rings is 1. The van der Waals surface area contributed by atoms with Crippen molar-refractivity contribution in [2.75, 3.05) is 13.7 Å². The smallest absolute Gasteiger partial charge is 0.335 e. The van der Waals surface area contributed by atoms with Crippen molar-refractivity contribution >= 4 is 17.6 Å². The van der Waals surface area contributed by atoms with E-state index in [-0.39, 0.29) is 11.4 Å². The van der Waals surface area contributed by atoms with Gasteiger partial charge in [0.15, 0.2) is 0 Å². The number of aromatic nitrogens is 1. The van der Waals surface area contributed by atoms with Crippen LogP contribution < -0.4 is 5.32 Å². The van der Waals surface area contributed by atoms with Gasteiger partial charge in [0.05, 0.1) is 13.7 Å². The molecule has 0 radical (unpaired) electrons. The molecule has 0 spiro atoms. The minimum atomic E-state index is -0.250. The van der Waals surface area contributed by atoms with Crippen LogP contribution in [-0.2, 0) is 16.8 Å². The number of hydrogen-bond donors (Lipinski definition) is 1. The first-order valence-electron chi connectivity index (χ1n) is 8.38. The first-order valence-corrected chi connectivity index (χ1v) is 8.76. The minimum Gasteiger partial charge on any atom is -0.335 e. The summed E-state index contributed by atoms with van der Waals surface area (Å²) in [4.78, 5) is 22.2. The second kappa shape index (κ2) is 7.85. The minimum absolute atomic E-state index is 0.0589. The molecule has 0 bridgehead atoms. The fraction of sp³-hybridized carbons (Fsp3) is 0.368. The van der Waals surface area contributed by atoms with Gasteiger partial charge in [0.1, 0.15) is 0 Å². The first-order chi connectivity index (χ1) is 12.1. The molecule has 0 saturated heterocycles. The third-order valence-corrected chi connectivity index (χ3v) is 5.04. The normalized spacial score (nSPS) is 15.3. The van der Waals surface area contributed by atoms with E-state index in [0.29, 0.717) is 18.1 Å². The maximum absolute atomic E-state index is 12.5. The monoisotopic (exact) mass is 359 g/mol. The third kappa shape index (κ3) is 4.11. The molecule has 1 aliphatic rings. The number of carbonyl (C=O) groups is 1. The molecule has 0 aliphatic heterocycles. The summed E-state index contributed by atoms with van der Waals surface area (Å²) in [6.07, 6.45) is 5.04. The SMILES string of the molecule is CON(Cc1ccc(Cl)cc1)C(=O)NCC1(c2ccccn2)CCC1. The third-order valence-electron chi connectivity index (χ3n) is 4.78. The van der Waals surface area contributed by atoms with E-state index in [1.807, 2.05) is 30.3 Å². The summed E-state index contributed by atoms with van der Waals surface area (Å²) in [7, 11) is 1.49. The Labute approximate surface area is 152 Å². The maximum Gasteiger partial charge on any atom is 0.341 e. The molecule has 1 heterocycles. The van der Waals surface area contributed by atoms with Gasteiger partial charge < -0.3 is 5.32 Å². The molecule has 1 saturated carbocycles. The largest absolute Gasteiger partial charge is 0.341 e. The zero-order chi connectivity index (χ0) is 17.7. The summed E-state index contributed by atoms with van der Waals surface area (Å²) in [5.41, 5.74) is 1.93. The van der Waals surface area contributed by atoms with Crippen LogP contribution in [0.2, 0.25) is 5.02 Å². The van der Waals surface area contributed by atoms with Gasteiger partial charge in [-0.15, -0.1) is 0 Å². The highest BCUT2D eigenvalue weighted by Crippen LogP contribution is 2.42. The molecule has 2 aromatic rings. The fourth-order valence-corrected chi connectivity index (χ4v) is 3.24. The Balaban J connectivity index is 1.61. The Bertz CT molecular complexity index is 702. The van der Waals surface area contributed by atoms with Gasteiger partial charge in [-0.2, -0.15) is 5.06 Å². The lowest BCUT2D eigenvalue weighted by Crippen LogP contribution is -2.49. The van der Waals surface area contributed by atoms with Crippen LogP contribution in [0.3, 0.4) is 0 Å². The lowest BCUT2D eigenvalue weighted by atomic mass is 9.66. The van der Waals surface area contributed by atoms with Crippen LogP contribution in [0, 0.1) is 0 Å². The van der Waals surface area contributed by atoms with E-state index in [1.165, 1.54) is 12.2 Å². The fourth-order valence-electron chi connectivity index (χ4n) is 3.11. The Morgan fingerprint density at radius 3 is 2.60 bits per heavy atom. The lowest BCUT2D eigenvalue weighted by molar-refractivity contribution is -0.0937. The molecule has 6 heteroatoms. The first kappa shape index (κ1) is 17.7. The number of hydrogen-bond acceptors (Lipinski definition) is 3. The number of nitrogens with zero attached hydrogens (tertiary/aromatic N) is 2. The summed E-state index contributed by atoms with van der Waals surface area (Å²) in [6.45, 7) is 0.916. The molecule has 5 nitrogen and oxygen atoms in total. The molecule has 1 aliphatic carbocycles. The number of pyridine rings is 1. The average Bonchev–Trinajstić information content (AvgIpc) is 2.61. The van der Waals surface area contributed by atoms with Gasteiger partial charge in [-0.05, 0) is 42.7 Å². The average molecular weight is 360 g/mol. The van der Waals surface area contributed by atoms with Crippen LogP contribution in [-0.4, -0.2) is 29.7 Å². The molecule has 2 amide bonds. The molecule has 0 atom stereocenters. The Kier molecular flexibility index (Phi) is 5.56. The van der Waals surface area contributed by atoms with Gasteiger partial charge in [0.25, 0.3) is 0 Å². The topological polar surface area (TPSA) is 54.5 Å². The summed E-state index contributed by atoms with van der Waals surface area (Å²) in [5, 5.41) is 4.98. The van der Waals surface area contributed by atoms with Crippen LogP contribution in [0.4, 0.5) is 4.79 Å². The Hall–Kier alpha value is -2.11. The molecule has 25 heavy (non-hydrogen) atoms. The van der Waals surface area contributed by atoms with Gasteiger partial charge in [-0.1, -0.05) is 36.2 Å². The van der Waals surface area contributed by atoms with E-state index in [9.17, 15) is 4.79 Å². The van der Waals surface area contributed by atoms with E-state index in [1.54, 1.807) is 18.3 Å². The highest BCUT2D eigenvalue weighted by Gasteiger charge is 2.40. The summed E-state index contributed by atoms with van der Waals surface area (Å²) in [6, 6.07) is 13.0. The van der Waals surface area contributed by atoms with Crippen LogP contribution in [0.25, 0.3) is 0 Å². The lowest BCUT2D eigenvalue weighted by Gasteiger charge is -2.41. The zero-order valence-electron chi connectivity index (χ0n) is 14.2. The summed E-state index contributed by atoms with van der Waals surface area (Å²) in [5.74, 6) is 0. The van der Waals surface area contributed by atoms with Gasteiger partial charge >= 0.3 is 6.03 Å². The van der Waals surface area contributed by atoms with Crippen molar-refractivity contribution in [3.63, 3.8) is 0 Å². The second-order valence-electron chi connectivity index (χ2n) is 6.35. The van der Waals surface area contributed by atoms with Crippen molar-refractivity contribution in [1.29, 1.82) is 0 Å². The predicted octanol–water partition coefficient (Wildman–Crippen LogP) is 3.93. The van der Waals surface area contributed by atoms with Crippen molar-refractivity contribution in [2.24, 2.45) is 0 Å². The molecule has 0 unspecified atom stereocenters. The van der Waals surface area contributed by atoms with Crippen LogP contribution in [0.1, 0.15) is 30.5 Å². The number of amides is 2. The highest BCUT2D eigenvalue weighted by molar-refractivity contribution is 6.30. The van der Waals surface area contributed by atoms with Crippen molar-refractivity contribution < 1.29 is 9.63 Å². The predicted molar refractivity (Wildman–Crippen MR) is 97.2 cm³/mol. The van der Waals surface area contributed by atoms with Crippen LogP contribution >= 0.6 is 11.6 Å². The molecule has 132 valence electrons. The van der Waals surface area contributed by atoms with E-state index >= 15 is 0 Å². The number of rotatable bonds is 6. The Morgan fingerprint density at radius 2 is 2.04 bits per heavy atom. The summed E-state index contributed by atoms with van der Waals surface area (Å²) < 4.78 is 0. The van der Waals surface area contributed by atoms with Crippen molar-refractivity contribution in [2.45, 2.75) is 31.2 Å². The second-order valence-corrected chi connectivity index (χ2v) is 6.79. The molecule has 1 aromatic heterocycles. The van der Waals surface area contributed by atoms with Gasteiger partial charge in [-0.3, -0.25) is 9.82 Å². The van der Waals surface area contributed by atoms with Crippen molar-refractivity contribution in [1.82, 2.24) is 15.4 Å². The standard InChI is InChI=1S/C19H22ClN3O2/c1-25-23(13-15-6-8-16(20)9-7-15)18(24)22-14-19(10-4-11-19)17-5-2-3-12-21-17/h2-3,5-9,12H,4,10-11,13-14H2,1H3,(H,22,24). The number of hydroxylamine groups is 2.